The van der Waals surface area contributed by atoms with Crippen LogP contribution < -0.4 is 0 Å². The van der Waals surface area contributed by atoms with Crippen molar-refractivity contribution in [2.45, 2.75) is 0 Å². The Morgan fingerprint density at radius 2 is 2.28 bits per heavy atom. The monoisotopic (exact) mass is 263 g/mol. The van der Waals surface area contributed by atoms with Crippen molar-refractivity contribution in [1.82, 2.24) is 14.5 Å². The van der Waals surface area contributed by atoms with E-state index in [0.29, 0.717) is 11.5 Å². The van der Waals surface area contributed by atoms with Crippen LogP contribution in [0.25, 0.3) is 16.9 Å². The number of nitrogens with zero attached hydrogens (tertiary/aromatic N) is 3. The molecule has 0 unspecified atom stereocenters. The number of carbonyl (C=O) groups is 1. The number of thiazole rings is 1. The summed E-state index contributed by atoms with van der Waals surface area (Å²) in [6.07, 6.45) is 2.45. The smallest absolute Gasteiger partial charge is 0.337 e. The Balaban J connectivity index is 2.37. The number of hydrogen-bond donors (Lipinski definition) is 1. The minimum atomic E-state index is -1.12. The number of aromatic nitrogens is 3. The fourth-order valence-corrected chi connectivity index (χ4v) is 2.28. The van der Waals surface area contributed by atoms with E-state index in [1.54, 1.807) is 10.9 Å². The summed E-state index contributed by atoms with van der Waals surface area (Å²) in [7, 11) is 0. The number of fused-ring (bicyclic) bond motifs is 1. The Kier molecular flexibility index (Phi) is 2.34. The van der Waals surface area contributed by atoms with E-state index >= 15 is 0 Å². The quantitative estimate of drug-likeness (QED) is 0.770. The zero-order chi connectivity index (χ0) is 12.7. The van der Waals surface area contributed by atoms with E-state index in [1.165, 1.54) is 22.1 Å². The van der Waals surface area contributed by atoms with Crippen molar-refractivity contribution in [3.63, 3.8) is 0 Å². The maximum Gasteiger partial charge on any atom is 0.337 e. The van der Waals surface area contributed by atoms with Crippen molar-refractivity contribution in [1.29, 1.82) is 0 Å². The largest absolute Gasteiger partial charge is 0.478 e. The average Bonchev–Trinajstić information content (AvgIpc) is 2.93. The molecule has 0 saturated heterocycles. The maximum absolute atomic E-state index is 13.2. The fraction of sp³-hybridized carbons (Fsp3) is 0. The lowest BCUT2D eigenvalue weighted by Gasteiger charge is -1.98. The van der Waals surface area contributed by atoms with Crippen molar-refractivity contribution >= 4 is 28.3 Å². The van der Waals surface area contributed by atoms with Crippen molar-refractivity contribution < 1.29 is 14.3 Å². The maximum atomic E-state index is 13.2. The molecule has 5 nitrogen and oxygen atoms in total. The third-order valence-electron chi connectivity index (χ3n) is 2.51. The van der Waals surface area contributed by atoms with E-state index in [-0.39, 0.29) is 10.9 Å². The van der Waals surface area contributed by atoms with Gasteiger partial charge >= 0.3 is 5.97 Å². The lowest BCUT2D eigenvalue weighted by Crippen LogP contribution is -1.95. The minimum Gasteiger partial charge on any atom is -0.478 e. The summed E-state index contributed by atoms with van der Waals surface area (Å²) in [6.45, 7) is 0. The van der Waals surface area contributed by atoms with Crippen LogP contribution in [-0.4, -0.2) is 25.6 Å². The predicted octanol–water partition coefficient (Wildman–Crippen LogP) is 2.32. The van der Waals surface area contributed by atoms with E-state index in [1.807, 2.05) is 0 Å². The van der Waals surface area contributed by atoms with Crippen LogP contribution in [0.3, 0.4) is 0 Å². The molecule has 3 rings (SSSR count). The molecule has 0 bridgehead atoms. The molecule has 7 heteroatoms. The van der Waals surface area contributed by atoms with Gasteiger partial charge in [0.25, 0.3) is 0 Å². The topological polar surface area (TPSA) is 68.0 Å². The highest BCUT2D eigenvalue weighted by Gasteiger charge is 2.17. The number of rotatable bonds is 2. The Hall–Kier alpha value is -2.28. The lowest BCUT2D eigenvalue weighted by molar-refractivity contribution is 0.0699. The van der Waals surface area contributed by atoms with E-state index < -0.39 is 11.8 Å². The third-order valence-corrected chi connectivity index (χ3v) is 3.08. The Labute approximate surface area is 104 Å². The highest BCUT2D eigenvalue weighted by Crippen LogP contribution is 2.23. The molecular formula is C11H6FN3O2S. The fourth-order valence-electron chi connectivity index (χ4n) is 1.75. The molecule has 0 aliphatic heterocycles. The molecule has 0 aromatic carbocycles. The number of hydrogen-bond acceptors (Lipinski definition) is 4. The number of carboxylic acid groups (broad SMARTS) is 1. The van der Waals surface area contributed by atoms with Crippen molar-refractivity contribution in [2.75, 3.05) is 0 Å². The summed E-state index contributed by atoms with van der Waals surface area (Å²) in [5.74, 6) is -1.13. The molecule has 0 aliphatic carbocycles. The highest BCUT2D eigenvalue weighted by atomic mass is 32.1. The molecule has 3 aromatic heterocycles. The standard InChI is InChI=1S/C11H6FN3O2S/c12-6-1-7-8(11(16)17)3-15(10(7)13-2-6)9-4-18-5-14-9/h1-5H,(H,16,17). The number of aromatic carboxylic acids is 1. The lowest BCUT2D eigenvalue weighted by atomic mass is 10.2. The van der Waals surface area contributed by atoms with Crippen LogP contribution in [0.15, 0.2) is 29.4 Å². The summed E-state index contributed by atoms with van der Waals surface area (Å²) < 4.78 is 14.7. The zero-order valence-electron chi connectivity index (χ0n) is 8.87. The molecule has 0 radical (unpaired) electrons. The van der Waals surface area contributed by atoms with Gasteiger partial charge in [0.05, 0.1) is 17.3 Å². The Morgan fingerprint density at radius 1 is 1.44 bits per heavy atom. The summed E-state index contributed by atoms with van der Waals surface area (Å²) in [5.41, 5.74) is 2.01. The van der Waals surface area contributed by atoms with Gasteiger partial charge in [-0.1, -0.05) is 0 Å². The van der Waals surface area contributed by atoms with Gasteiger partial charge in [-0.05, 0) is 6.07 Å². The average molecular weight is 263 g/mol. The predicted molar refractivity (Wildman–Crippen MR) is 63.7 cm³/mol. The first-order chi connectivity index (χ1) is 8.66. The van der Waals surface area contributed by atoms with E-state index in [2.05, 4.69) is 9.97 Å². The van der Waals surface area contributed by atoms with Crippen molar-refractivity contribution in [2.24, 2.45) is 0 Å². The van der Waals surface area contributed by atoms with Gasteiger partial charge in [-0.25, -0.2) is 19.2 Å². The molecule has 18 heavy (non-hydrogen) atoms. The molecule has 90 valence electrons. The zero-order valence-corrected chi connectivity index (χ0v) is 9.69. The molecule has 3 aromatic rings. The van der Waals surface area contributed by atoms with Crippen LogP contribution in [0.4, 0.5) is 4.39 Å². The SMILES string of the molecule is O=C(O)c1cn(-c2cscn2)c2ncc(F)cc12. The van der Waals surface area contributed by atoms with Gasteiger partial charge in [-0.3, -0.25) is 4.57 Å². The van der Waals surface area contributed by atoms with Gasteiger partial charge in [0, 0.05) is 17.0 Å². The van der Waals surface area contributed by atoms with Gasteiger partial charge in [0.2, 0.25) is 0 Å². The molecule has 0 aliphatic rings. The molecule has 0 atom stereocenters. The summed E-state index contributed by atoms with van der Waals surface area (Å²) >= 11 is 1.38. The molecule has 3 heterocycles. The third kappa shape index (κ3) is 1.56. The van der Waals surface area contributed by atoms with Gasteiger partial charge in [-0.2, -0.15) is 0 Å². The van der Waals surface area contributed by atoms with Crippen LogP contribution in [0.1, 0.15) is 10.4 Å². The minimum absolute atomic E-state index is 0.00463. The first kappa shape index (κ1) is 10.8. The van der Waals surface area contributed by atoms with E-state index in [4.69, 9.17) is 5.11 Å². The molecule has 1 N–H and O–H groups in total. The van der Waals surface area contributed by atoms with Gasteiger partial charge in [0.1, 0.15) is 17.3 Å². The first-order valence-electron chi connectivity index (χ1n) is 4.95. The number of pyridine rings is 1. The van der Waals surface area contributed by atoms with Crippen molar-refractivity contribution in [3.05, 3.63) is 40.7 Å². The number of halogens is 1. The van der Waals surface area contributed by atoms with Crippen molar-refractivity contribution in [3.8, 4) is 5.82 Å². The number of carboxylic acids is 1. The summed E-state index contributed by atoms with van der Waals surface area (Å²) in [5, 5.41) is 11.1. The van der Waals surface area contributed by atoms with Crippen LogP contribution in [0, 0.1) is 5.82 Å². The van der Waals surface area contributed by atoms with E-state index in [0.717, 1.165) is 12.3 Å². The molecule has 0 amide bonds. The van der Waals surface area contributed by atoms with Crippen LogP contribution >= 0.6 is 11.3 Å². The highest BCUT2D eigenvalue weighted by molar-refractivity contribution is 7.07. The van der Waals surface area contributed by atoms with Gasteiger partial charge in [0.15, 0.2) is 0 Å². The second-order valence-corrected chi connectivity index (χ2v) is 4.31. The summed E-state index contributed by atoms with van der Waals surface area (Å²) in [4.78, 5) is 19.1. The Bertz CT molecular complexity index is 736. The second kappa shape index (κ2) is 3.88. The molecular weight excluding hydrogens is 257 g/mol. The van der Waals surface area contributed by atoms with E-state index in [9.17, 15) is 9.18 Å². The normalized spacial score (nSPS) is 10.9. The summed E-state index contributed by atoms with van der Waals surface area (Å²) in [6, 6.07) is 1.16. The van der Waals surface area contributed by atoms with Crippen LogP contribution in [0.5, 0.6) is 0 Å². The Morgan fingerprint density at radius 3 is 2.94 bits per heavy atom. The van der Waals surface area contributed by atoms with Gasteiger partial charge < -0.3 is 5.11 Å². The second-order valence-electron chi connectivity index (χ2n) is 3.59. The van der Waals surface area contributed by atoms with Gasteiger partial charge in [-0.15, -0.1) is 11.3 Å². The molecule has 0 fully saturated rings. The van der Waals surface area contributed by atoms with Crippen LogP contribution in [0.2, 0.25) is 0 Å². The van der Waals surface area contributed by atoms with Crippen LogP contribution in [-0.2, 0) is 0 Å². The first-order valence-corrected chi connectivity index (χ1v) is 5.89. The molecule has 0 spiro atoms. The molecule has 0 saturated carbocycles.